The maximum absolute atomic E-state index is 12.9. The van der Waals surface area contributed by atoms with Crippen molar-refractivity contribution in [2.75, 3.05) is 0 Å². The van der Waals surface area contributed by atoms with Gasteiger partial charge < -0.3 is 15.3 Å². The first-order chi connectivity index (χ1) is 15.9. The first-order valence-corrected chi connectivity index (χ1v) is 11.4. The number of primary amides is 1. The van der Waals surface area contributed by atoms with Gasteiger partial charge in [-0.15, -0.1) is 16.4 Å². The van der Waals surface area contributed by atoms with Crippen LogP contribution in [0.4, 0.5) is 4.79 Å². The van der Waals surface area contributed by atoms with Gasteiger partial charge in [-0.1, -0.05) is 48.5 Å². The molecular formula is C26H24N2O4S. The van der Waals surface area contributed by atoms with Crippen molar-refractivity contribution in [1.82, 2.24) is 5.06 Å². The number of rotatable bonds is 6. The summed E-state index contributed by atoms with van der Waals surface area (Å²) in [6.07, 6.45) is 0. The summed E-state index contributed by atoms with van der Waals surface area (Å²) >= 11 is 1.53. The molecule has 0 aliphatic carbocycles. The van der Waals surface area contributed by atoms with Gasteiger partial charge in [-0.25, -0.2) is 9.59 Å². The molecule has 3 aromatic carbocycles. The van der Waals surface area contributed by atoms with Crippen molar-refractivity contribution in [2.24, 2.45) is 5.73 Å². The summed E-state index contributed by atoms with van der Waals surface area (Å²) in [5, 5.41) is 2.00. The Labute approximate surface area is 196 Å². The smallest absolute Gasteiger partial charge is 0.348 e. The molecule has 6 nitrogen and oxygen atoms in total. The Morgan fingerprint density at radius 1 is 0.879 bits per heavy atom. The monoisotopic (exact) mass is 460 g/mol. The molecule has 0 saturated carbocycles. The summed E-state index contributed by atoms with van der Waals surface area (Å²) in [4.78, 5) is 31.4. The molecule has 0 aliphatic rings. The van der Waals surface area contributed by atoms with Gasteiger partial charge in [0.25, 0.3) is 0 Å². The molecule has 0 saturated heterocycles. The van der Waals surface area contributed by atoms with Gasteiger partial charge in [-0.2, -0.15) is 0 Å². The van der Waals surface area contributed by atoms with Crippen LogP contribution in [0.25, 0.3) is 10.1 Å². The minimum atomic E-state index is -0.832. The van der Waals surface area contributed by atoms with Crippen molar-refractivity contribution in [3.8, 4) is 11.5 Å². The molecule has 2 amide bonds. The van der Waals surface area contributed by atoms with E-state index in [4.69, 9.17) is 15.3 Å². The van der Waals surface area contributed by atoms with E-state index in [1.54, 1.807) is 19.9 Å². The normalized spacial score (nSPS) is 12.7. The fourth-order valence-electron chi connectivity index (χ4n) is 3.42. The van der Waals surface area contributed by atoms with Crippen LogP contribution >= 0.6 is 11.3 Å². The van der Waals surface area contributed by atoms with Gasteiger partial charge in [0.05, 0.1) is 5.92 Å². The standard InChI is InChI=1S/C26H24N2O4S/c1-17(19-10-8-13-22(15-19)31-21-11-4-3-5-12-21)25(29)32-28(26(27)30)18(2)24-16-20-9-6-7-14-23(20)33-24/h3-18H,1-2H3,(H2,27,30). The topological polar surface area (TPSA) is 81.9 Å². The molecule has 0 fully saturated rings. The van der Waals surface area contributed by atoms with Crippen LogP contribution < -0.4 is 10.5 Å². The van der Waals surface area contributed by atoms with Crippen molar-refractivity contribution >= 4 is 33.4 Å². The lowest BCUT2D eigenvalue weighted by molar-refractivity contribution is -0.185. The number of para-hydroxylation sites is 1. The van der Waals surface area contributed by atoms with E-state index >= 15 is 0 Å². The number of hydroxylamine groups is 2. The van der Waals surface area contributed by atoms with Crippen molar-refractivity contribution in [3.63, 3.8) is 0 Å². The van der Waals surface area contributed by atoms with E-state index in [0.29, 0.717) is 17.1 Å². The third-order valence-electron chi connectivity index (χ3n) is 5.30. The van der Waals surface area contributed by atoms with Crippen molar-refractivity contribution in [3.05, 3.63) is 95.4 Å². The van der Waals surface area contributed by atoms with Crippen molar-refractivity contribution in [2.45, 2.75) is 25.8 Å². The highest BCUT2D eigenvalue weighted by molar-refractivity contribution is 7.19. The number of nitrogens with two attached hydrogens (primary N) is 1. The van der Waals surface area contributed by atoms with Crippen molar-refractivity contribution < 1.29 is 19.2 Å². The minimum Gasteiger partial charge on any atom is -0.457 e. The number of amides is 2. The van der Waals surface area contributed by atoms with Crippen LogP contribution in [0.15, 0.2) is 84.9 Å². The average molecular weight is 461 g/mol. The molecule has 2 N–H and O–H groups in total. The van der Waals surface area contributed by atoms with E-state index in [-0.39, 0.29) is 0 Å². The number of ether oxygens (including phenoxy) is 1. The molecule has 4 aromatic rings. The van der Waals surface area contributed by atoms with Crippen LogP contribution in [-0.4, -0.2) is 17.1 Å². The molecule has 2 atom stereocenters. The molecule has 33 heavy (non-hydrogen) atoms. The average Bonchev–Trinajstić information content (AvgIpc) is 3.26. The Kier molecular flexibility index (Phi) is 6.60. The van der Waals surface area contributed by atoms with E-state index in [1.165, 1.54) is 11.3 Å². The molecule has 0 aliphatic heterocycles. The second-order valence-corrected chi connectivity index (χ2v) is 8.76. The first-order valence-electron chi connectivity index (χ1n) is 10.5. The molecule has 0 radical (unpaired) electrons. The molecule has 0 spiro atoms. The second kappa shape index (κ2) is 9.75. The Hall–Kier alpha value is -3.84. The predicted octanol–water partition coefficient (Wildman–Crippen LogP) is 6.40. The fraction of sp³-hybridized carbons (Fsp3) is 0.154. The van der Waals surface area contributed by atoms with Crippen LogP contribution in [0, 0.1) is 0 Å². The lowest BCUT2D eigenvalue weighted by Crippen LogP contribution is -2.40. The van der Waals surface area contributed by atoms with E-state index < -0.39 is 24.0 Å². The van der Waals surface area contributed by atoms with Crippen LogP contribution in [0.2, 0.25) is 0 Å². The highest BCUT2D eigenvalue weighted by atomic mass is 32.1. The third-order valence-corrected chi connectivity index (χ3v) is 6.59. The van der Waals surface area contributed by atoms with Gasteiger partial charge in [0.15, 0.2) is 0 Å². The lowest BCUT2D eigenvalue weighted by atomic mass is 10.0. The summed E-state index contributed by atoms with van der Waals surface area (Å²) < 4.78 is 6.94. The number of carbonyl (C=O) groups is 2. The molecule has 2 unspecified atom stereocenters. The minimum absolute atomic E-state index is 0.524. The van der Waals surface area contributed by atoms with Gasteiger partial charge in [0.1, 0.15) is 17.5 Å². The summed E-state index contributed by atoms with van der Waals surface area (Å²) in [7, 11) is 0. The van der Waals surface area contributed by atoms with Crippen LogP contribution in [0.1, 0.15) is 36.2 Å². The number of hydrogen-bond donors (Lipinski definition) is 1. The van der Waals surface area contributed by atoms with Gasteiger partial charge in [0, 0.05) is 9.58 Å². The Morgan fingerprint density at radius 3 is 2.30 bits per heavy atom. The van der Waals surface area contributed by atoms with Gasteiger partial charge in [-0.05, 0) is 61.2 Å². The number of nitrogens with zero attached hydrogens (tertiary/aromatic N) is 1. The number of thiophene rings is 1. The summed E-state index contributed by atoms with van der Waals surface area (Å²) in [6.45, 7) is 3.50. The first kappa shape index (κ1) is 22.4. The largest absolute Gasteiger partial charge is 0.457 e. The third kappa shape index (κ3) is 5.15. The lowest BCUT2D eigenvalue weighted by Gasteiger charge is -2.26. The van der Waals surface area contributed by atoms with E-state index in [9.17, 15) is 9.59 Å². The summed E-state index contributed by atoms with van der Waals surface area (Å²) in [5.74, 6) is 0.0742. The summed E-state index contributed by atoms with van der Waals surface area (Å²) in [6, 6.07) is 25.1. The SMILES string of the molecule is CC(C(=O)ON(C(N)=O)C(C)c1cc2ccccc2s1)c1cccc(Oc2ccccc2)c1. The maximum Gasteiger partial charge on any atom is 0.348 e. The second-order valence-electron chi connectivity index (χ2n) is 7.65. The molecule has 4 rings (SSSR count). The van der Waals surface area contributed by atoms with E-state index in [1.807, 2.05) is 78.9 Å². The van der Waals surface area contributed by atoms with Gasteiger partial charge >= 0.3 is 12.0 Å². The highest BCUT2D eigenvalue weighted by Gasteiger charge is 2.28. The molecule has 1 heterocycles. The highest BCUT2D eigenvalue weighted by Crippen LogP contribution is 2.33. The number of hydrogen-bond acceptors (Lipinski definition) is 5. The van der Waals surface area contributed by atoms with Crippen LogP contribution in [0.3, 0.4) is 0 Å². The molecule has 7 heteroatoms. The molecule has 168 valence electrons. The predicted molar refractivity (Wildman–Crippen MR) is 129 cm³/mol. The zero-order valence-corrected chi connectivity index (χ0v) is 19.1. The molecule has 0 bridgehead atoms. The number of urea groups is 1. The van der Waals surface area contributed by atoms with Gasteiger partial charge in [-0.3, -0.25) is 0 Å². The summed E-state index contributed by atoms with van der Waals surface area (Å²) in [5.41, 5.74) is 6.26. The number of fused-ring (bicyclic) bond motifs is 1. The maximum atomic E-state index is 12.9. The van der Waals surface area contributed by atoms with E-state index in [2.05, 4.69) is 0 Å². The van der Waals surface area contributed by atoms with Gasteiger partial charge in [0.2, 0.25) is 0 Å². The van der Waals surface area contributed by atoms with E-state index in [0.717, 1.165) is 20.0 Å². The van der Waals surface area contributed by atoms with Crippen LogP contribution in [-0.2, 0) is 9.63 Å². The fourth-order valence-corrected chi connectivity index (χ4v) is 4.52. The Bertz CT molecular complexity index is 1240. The quantitative estimate of drug-likeness (QED) is 0.338. The molecule has 1 aromatic heterocycles. The van der Waals surface area contributed by atoms with Crippen LogP contribution in [0.5, 0.6) is 11.5 Å². The Morgan fingerprint density at radius 2 is 1.58 bits per heavy atom. The molecular weight excluding hydrogens is 436 g/mol. The zero-order chi connectivity index (χ0) is 23.4. The van der Waals surface area contributed by atoms with Crippen molar-refractivity contribution in [1.29, 1.82) is 0 Å². The number of benzene rings is 3. The zero-order valence-electron chi connectivity index (χ0n) is 18.3. The Balaban J connectivity index is 1.49. The number of carbonyl (C=O) groups excluding carboxylic acids is 2.